The molecule has 1 aromatic carbocycles. The number of benzene rings is 1. The standard InChI is InChI=1S/C32H40N4O6S/c1-31(14-15-31)43(40,41)35-30(39)32-18-22(32)10-5-3-2-4-6-12-25(33)29(38)36-20-23(17-26(36)27(37)19-32)42-28-24-11-8-7-9-21(24)13-16-34-28/h5,7-11,13,16,22-23,25-26H,2-4,6,12,14-15,17-20,33H2,1H3,(H,35,39)/b10-5-/t22-,23+,25-,26-,32+/m0/s1. The highest BCUT2D eigenvalue weighted by atomic mass is 32.2. The maximum absolute atomic E-state index is 14.1. The van der Waals surface area contributed by atoms with Crippen molar-refractivity contribution in [3.8, 4) is 5.88 Å². The van der Waals surface area contributed by atoms with Gasteiger partial charge in [-0.3, -0.25) is 19.1 Å². The molecule has 43 heavy (non-hydrogen) atoms. The molecule has 2 saturated carbocycles. The first-order chi connectivity index (χ1) is 20.5. The maximum Gasteiger partial charge on any atom is 0.240 e. The Kier molecular flexibility index (Phi) is 7.83. The number of sulfonamides is 1. The van der Waals surface area contributed by atoms with Crippen molar-refractivity contribution >= 4 is 38.4 Å². The molecular weight excluding hydrogens is 568 g/mol. The van der Waals surface area contributed by atoms with Gasteiger partial charge in [0.05, 0.1) is 28.8 Å². The fourth-order valence-electron chi connectivity index (χ4n) is 6.53. The highest BCUT2D eigenvalue weighted by Crippen LogP contribution is 2.57. The first-order valence-electron chi connectivity index (χ1n) is 15.4. The zero-order chi connectivity index (χ0) is 30.4. The lowest BCUT2D eigenvalue weighted by Gasteiger charge is -2.27. The van der Waals surface area contributed by atoms with Gasteiger partial charge < -0.3 is 15.4 Å². The lowest BCUT2D eigenvalue weighted by atomic mass is 9.91. The summed E-state index contributed by atoms with van der Waals surface area (Å²) in [5.74, 6) is -1.04. The van der Waals surface area contributed by atoms with E-state index in [0.717, 1.165) is 36.5 Å². The number of fused-ring (bicyclic) bond motifs is 3. The number of aromatic nitrogens is 1. The number of rotatable bonds is 5. The molecule has 0 spiro atoms. The van der Waals surface area contributed by atoms with Crippen LogP contribution in [0.2, 0.25) is 0 Å². The van der Waals surface area contributed by atoms with Gasteiger partial charge in [0, 0.05) is 24.4 Å². The average molecular weight is 609 g/mol. The average Bonchev–Trinajstić information content (AvgIpc) is 3.86. The fraction of sp³-hybridized carbons (Fsp3) is 0.562. The predicted molar refractivity (Wildman–Crippen MR) is 161 cm³/mol. The van der Waals surface area contributed by atoms with Crippen LogP contribution in [0.15, 0.2) is 48.7 Å². The second kappa shape index (κ2) is 11.3. The molecule has 5 atom stereocenters. The second-order valence-electron chi connectivity index (χ2n) is 13.0. The summed E-state index contributed by atoms with van der Waals surface area (Å²) in [4.78, 5) is 47.3. The fourth-order valence-corrected chi connectivity index (χ4v) is 7.86. The quantitative estimate of drug-likeness (QED) is 0.491. The van der Waals surface area contributed by atoms with Crippen molar-refractivity contribution in [2.45, 2.75) is 94.1 Å². The van der Waals surface area contributed by atoms with E-state index in [1.54, 1.807) is 13.1 Å². The molecule has 230 valence electrons. The van der Waals surface area contributed by atoms with E-state index in [0.29, 0.717) is 31.6 Å². The first-order valence-corrected chi connectivity index (χ1v) is 16.8. The summed E-state index contributed by atoms with van der Waals surface area (Å²) in [7, 11) is -3.87. The molecule has 1 saturated heterocycles. The Balaban J connectivity index is 1.27. The van der Waals surface area contributed by atoms with E-state index >= 15 is 0 Å². The third-order valence-electron chi connectivity index (χ3n) is 9.81. The number of amides is 2. The number of carbonyl (C=O) groups is 3. The Bertz CT molecular complexity index is 1570. The summed E-state index contributed by atoms with van der Waals surface area (Å²) >= 11 is 0. The van der Waals surface area contributed by atoms with Gasteiger partial charge in [-0.25, -0.2) is 13.4 Å². The van der Waals surface area contributed by atoms with Crippen LogP contribution in [-0.4, -0.2) is 65.4 Å². The molecule has 2 aromatic rings. The molecule has 0 bridgehead atoms. The summed E-state index contributed by atoms with van der Waals surface area (Å²) in [5.41, 5.74) is 5.19. The molecule has 2 aliphatic carbocycles. The Labute approximate surface area is 252 Å². The normalized spacial score (nSPS) is 31.7. The van der Waals surface area contributed by atoms with Gasteiger partial charge in [-0.2, -0.15) is 0 Å². The summed E-state index contributed by atoms with van der Waals surface area (Å²) in [6.07, 6.45) is 10.5. The second-order valence-corrected chi connectivity index (χ2v) is 15.2. The van der Waals surface area contributed by atoms with Crippen molar-refractivity contribution in [1.82, 2.24) is 14.6 Å². The van der Waals surface area contributed by atoms with Crippen molar-refractivity contribution in [2.24, 2.45) is 17.1 Å². The van der Waals surface area contributed by atoms with Crippen molar-refractivity contribution in [3.05, 3.63) is 48.7 Å². The third kappa shape index (κ3) is 5.81. The summed E-state index contributed by atoms with van der Waals surface area (Å²) in [6, 6.07) is 8.01. The van der Waals surface area contributed by atoms with Gasteiger partial charge in [0.2, 0.25) is 27.7 Å². The van der Waals surface area contributed by atoms with Gasteiger partial charge in [0.1, 0.15) is 6.10 Å². The van der Waals surface area contributed by atoms with Gasteiger partial charge >= 0.3 is 0 Å². The summed E-state index contributed by atoms with van der Waals surface area (Å²) < 4.78 is 33.6. The maximum atomic E-state index is 14.1. The smallest absolute Gasteiger partial charge is 0.240 e. The van der Waals surface area contributed by atoms with Gasteiger partial charge in [0.15, 0.2) is 5.78 Å². The number of hydrogen-bond donors (Lipinski definition) is 2. The number of ketones is 1. The van der Waals surface area contributed by atoms with Crippen LogP contribution in [0.25, 0.3) is 10.8 Å². The third-order valence-corrected chi connectivity index (χ3v) is 12.0. The van der Waals surface area contributed by atoms with Gasteiger partial charge in [-0.05, 0) is 68.9 Å². The molecule has 4 aliphatic rings. The van der Waals surface area contributed by atoms with Crippen molar-refractivity contribution < 1.29 is 27.5 Å². The summed E-state index contributed by atoms with van der Waals surface area (Å²) in [5, 5.41) is 1.79. The van der Waals surface area contributed by atoms with E-state index < -0.39 is 44.3 Å². The molecular formula is C32H40N4O6S. The number of Topliss-reactive ketones (excluding diaryl/α,β-unsaturated/α-hetero) is 1. The Morgan fingerprint density at radius 3 is 2.72 bits per heavy atom. The van der Waals surface area contributed by atoms with E-state index in [1.165, 1.54) is 4.90 Å². The zero-order valence-corrected chi connectivity index (χ0v) is 25.4. The van der Waals surface area contributed by atoms with E-state index in [9.17, 15) is 22.8 Å². The van der Waals surface area contributed by atoms with E-state index in [2.05, 4.69) is 9.71 Å². The van der Waals surface area contributed by atoms with E-state index in [4.69, 9.17) is 10.5 Å². The largest absolute Gasteiger partial charge is 0.472 e. The van der Waals surface area contributed by atoms with Crippen LogP contribution in [-0.2, 0) is 24.4 Å². The van der Waals surface area contributed by atoms with Crippen molar-refractivity contribution in [1.29, 1.82) is 0 Å². The zero-order valence-electron chi connectivity index (χ0n) is 24.5. The predicted octanol–water partition coefficient (Wildman–Crippen LogP) is 3.39. The molecule has 3 N–H and O–H groups in total. The number of nitrogens with two attached hydrogens (primary N) is 1. The number of allylic oxidation sites excluding steroid dienone is 2. The first kappa shape index (κ1) is 29.7. The van der Waals surface area contributed by atoms with Crippen molar-refractivity contribution in [3.63, 3.8) is 0 Å². The van der Waals surface area contributed by atoms with Crippen LogP contribution in [0.1, 0.15) is 71.1 Å². The molecule has 2 amide bonds. The molecule has 0 radical (unpaired) electrons. The number of ether oxygens (including phenoxy) is 1. The number of nitrogens with zero attached hydrogens (tertiary/aromatic N) is 2. The van der Waals surface area contributed by atoms with Crippen LogP contribution in [0.4, 0.5) is 0 Å². The number of pyridine rings is 1. The Hall–Kier alpha value is -3.31. The molecule has 10 nitrogen and oxygen atoms in total. The van der Waals surface area contributed by atoms with Crippen LogP contribution in [0.5, 0.6) is 5.88 Å². The molecule has 3 heterocycles. The molecule has 1 aromatic heterocycles. The Morgan fingerprint density at radius 2 is 1.93 bits per heavy atom. The van der Waals surface area contributed by atoms with Gasteiger partial charge in [0.25, 0.3) is 0 Å². The minimum Gasteiger partial charge on any atom is -0.472 e. The van der Waals surface area contributed by atoms with Crippen LogP contribution in [0, 0.1) is 11.3 Å². The molecule has 11 heteroatoms. The van der Waals surface area contributed by atoms with E-state index in [1.807, 2.05) is 42.5 Å². The lowest BCUT2D eigenvalue weighted by Crippen LogP contribution is -2.50. The highest BCUT2D eigenvalue weighted by molar-refractivity contribution is 7.91. The lowest BCUT2D eigenvalue weighted by molar-refractivity contribution is -0.140. The van der Waals surface area contributed by atoms with E-state index in [-0.39, 0.29) is 37.0 Å². The molecule has 2 aliphatic heterocycles. The monoisotopic (exact) mass is 608 g/mol. The minimum absolute atomic E-state index is 0.164. The van der Waals surface area contributed by atoms with Crippen LogP contribution < -0.4 is 15.2 Å². The molecule has 0 unspecified atom stereocenters. The molecule has 6 rings (SSSR count). The van der Waals surface area contributed by atoms with Crippen molar-refractivity contribution in [2.75, 3.05) is 6.54 Å². The minimum atomic E-state index is -3.87. The van der Waals surface area contributed by atoms with Crippen LogP contribution >= 0.6 is 0 Å². The Morgan fingerprint density at radius 1 is 1.14 bits per heavy atom. The number of nitrogens with one attached hydrogen (secondary N) is 1. The van der Waals surface area contributed by atoms with Gasteiger partial charge in [-0.1, -0.05) is 43.2 Å². The molecule has 3 fully saturated rings. The van der Waals surface area contributed by atoms with Gasteiger partial charge in [-0.15, -0.1) is 0 Å². The summed E-state index contributed by atoms with van der Waals surface area (Å²) in [6.45, 7) is 1.80. The highest BCUT2D eigenvalue weighted by Gasteiger charge is 2.62. The number of carbonyl (C=O) groups excluding carboxylic acids is 3. The topological polar surface area (TPSA) is 149 Å². The SMILES string of the molecule is CC1(S(=O)(=O)NC(=O)[C@]23CC(=O)[C@@H]4C[C@@H](Oc5nccc6ccccc56)CN4C(=O)[C@@H](N)CCCCC/C=C\[C@H]2C3)CC1. The van der Waals surface area contributed by atoms with Crippen LogP contribution in [0.3, 0.4) is 0 Å². The number of hydrogen-bond acceptors (Lipinski definition) is 8.